The van der Waals surface area contributed by atoms with E-state index < -0.39 is 10.2 Å². The van der Waals surface area contributed by atoms with E-state index >= 15 is 0 Å². The number of hydrogen-bond donors (Lipinski definition) is 3. The van der Waals surface area contributed by atoms with Crippen molar-refractivity contribution in [1.82, 2.24) is 9.03 Å². The highest BCUT2D eigenvalue weighted by Gasteiger charge is 2.21. The molecule has 112 valence electrons. The highest BCUT2D eigenvalue weighted by atomic mass is 32.2. The van der Waals surface area contributed by atoms with E-state index in [1.165, 1.54) is 4.31 Å². The SMILES string of the molecule is NC(CCCCNS(=O)(=O)N1CCCCCC1)=NO. The van der Waals surface area contributed by atoms with Crippen molar-refractivity contribution in [3.63, 3.8) is 0 Å². The molecule has 1 aliphatic rings. The summed E-state index contributed by atoms with van der Waals surface area (Å²) in [5.41, 5.74) is 5.33. The summed E-state index contributed by atoms with van der Waals surface area (Å²) in [5, 5.41) is 11.2. The number of hydrogen-bond acceptors (Lipinski definition) is 4. The second-order valence-corrected chi connectivity index (χ2v) is 6.52. The van der Waals surface area contributed by atoms with Crippen molar-refractivity contribution in [3.05, 3.63) is 0 Å². The summed E-state index contributed by atoms with van der Waals surface area (Å²) in [5.74, 6) is 0.176. The molecule has 8 heteroatoms. The molecule has 0 aromatic carbocycles. The molecule has 0 bridgehead atoms. The van der Waals surface area contributed by atoms with Gasteiger partial charge in [-0.25, -0.2) is 4.72 Å². The van der Waals surface area contributed by atoms with Gasteiger partial charge in [0.05, 0.1) is 0 Å². The van der Waals surface area contributed by atoms with Crippen molar-refractivity contribution in [2.75, 3.05) is 19.6 Å². The van der Waals surface area contributed by atoms with Gasteiger partial charge in [-0.05, 0) is 25.7 Å². The van der Waals surface area contributed by atoms with Crippen LogP contribution < -0.4 is 10.5 Å². The molecule has 4 N–H and O–H groups in total. The topological polar surface area (TPSA) is 108 Å². The first-order chi connectivity index (χ1) is 9.06. The Morgan fingerprint density at radius 3 is 2.42 bits per heavy atom. The van der Waals surface area contributed by atoms with Crippen LogP contribution in [0.1, 0.15) is 44.9 Å². The second kappa shape index (κ2) is 8.34. The van der Waals surface area contributed by atoms with Crippen molar-refractivity contribution in [1.29, 1.82) is 0 Å². The molecule has 0 aromatic heterocycles. The van der Waals surface area contributed by atoms with E-state index in [0.29, 0.717) is 38.9 Å². The average Bonchev–Trinajstić information content (AvgIpc) is 2.67. The maximum atomic E-state index is 12.0. The first-order valence-corrected chi connectivity index (χ1v) is 8.21. The largest absolute Gasteiger partial charge is 0.409 e. The van der Waals surface area contributed by atoms with Gasteiger partial charge in [-0.1, -0.05) is 18.0 Å². The van der Waals surface area contributed by atoms with E-state index in [-0.39, 0.29) is 5.84 Å². The van der Waals surface area contributed by atoms with Crippen molar-refractivity contribution >= 4 is 16.0 Å². The van der Waals surface area contributed by atoms with Crippen molar-refractivity contribution in [2.45, 2.75) is 44.9 Å². The summed E-state index contributed by atoms with van der Waals surface area (Å²) in [6.45, 7) is 1.61. The molecule has 1 heterocycles. The van der Waals surface area contributed by atoms with Crippen LogP contribution in [0.4, 0.5) is 0 Å². The summed E-state index contributed by atoms with van der Waals surface area (Å²) in [6.07, 6.45) is 5.91. The number of nitrogens with one attached hydrogen (secondary N) is 1. The minimum Gasteiger partial charge on any atom is -0.409 e. The number of nitrogens with zero attached hydrogens (tertiary/aromatic N) is 2. The number of rotatable bonds is 7. The Bertz CT molecular complexity index is 375. The third-order valence-corrected chi connectivity index (χ3v) is 4.79. The van der Waals surface area contributed by atoms with Crippen molar-refractivity contribution in [3.8, 4) is 0 Å². The second-order valence-electron chi connectivity index (χ2n) is 4.76. The molecule has 7 nitrogen and oxygen atoms in total. The Labute approximate surface area is 115 Å². The molecule has 1 saturated heterocycles. The fourth-order valence-electron chi connectivity index (χ4n) is 2.06. The quantitative estimate of drug-likeness (QED) is 0.210. The van der Waals surface area contributed by atoms with Gasteiger partial charge in [0.1, 0.15) is 5.84 Å². The van der Waals surface area contributed by atoms with Gasteiger partial charge in [-0.3, -0.25) is 0 Å². The van der Waals surface area contributed by atoms with Gasteiger partial charge in [0.15, 0.2) is 0 Å². The molecule has 19 heavy (non-hydrogen) atoms. The number of oxime groups is 1. The number of amidine groups is 1. The third kappa shape index (κ3) is 6.22. The monoisotopic (exact) mass is 292 g/mol. The summed E-state index contributed by atoms with van der Waals surface area (Å²) in [4.78, 5) is 0. The molecule has 0 amide bonds. The molecule has 0 saturated carbocycles. The first kappa shape index (κ1) is 16.2. The summed E-state index contributed by atoms with van der Waals surface area (Å²) in [7, 11) is -3.34. The Balaban J connectivity index is 2.26. The van der Waals surface area contributed by atoms with Gasteiger partial charge < -0.3 is 10.9 Å². The Kier molecular flexibility index (Phi) is 7.11. The molecule has 1 rings (SSSR count). The molecule has 0 atom stereocenters. The van der Waals surface area contributed by atoms with Gasteiger partial charge in [0.25, 0.3) is 10.2 Å². The Hall–Kier alpha value is -0.860. The van der Waals surface area contributed by atoms with Crippen LogP contribution in [-0.4, -0.2) is 43.4 Å². The molecule has 0 aromatic rings. The van der Waals surface area contributed by atoms with Crippen LogP contribution in [0, 0.1) is 0 Å². The highest BCUT2D eigenvalue weighted by molar-refractivity contribution is 7.87. The molecule has 0 unspecified atom stereocenters. The smallest absolute Gasteiger partial charge is 0.279 e. The molecule has 0 spiro atoms. The van der Waals surface area contributed by atoms with E-state index in [9.17, 15) is 8.42 Å². The highest BCUT2D eigenvalue weighted by Crippen LogP contribution is 2.12. The molecule has 0 radical (unpaired) electrons. The van der Waals surface area contributed by atoms with Crippen LogP contribution in [0.5, 0.6) is 0 Å². The Morgan fingerprint density at radius 2 is 1.84 bits per heavy atom. The van der Waals surface area contributed by atoms with Crippen LogP contribution in [0.3, 0.4) is 0 Å². The van der Waals surface area contributed by atoms with Crippen LogP contribution in [0.25, 0.3) is 0 Å². The van der Waals surface area contributed by atoms with Crippen LogP contribution in [0.2, 0.25) is 0 Å². The van der Waals surface area contributed by atoms with E-state index in [1.54, 1.807) is 0 Å². The van der Waals surface area contributed by atoms with E-state index in [2.05, 4.69) is 9.88 Å². The van der Waals surface area contributed by atoms with Crippen LogP contribution in [0.15, 0.2) is 5.16 Å². The standard InChI is InChI=1S/C11H24N4O3S/c12-11(14-16)7-3-4-8-13-19(17,18)15-9-5-1-2-6-10-15/h13,16H,1-10H2,(H2,12,14). The van der Waals surface area contributed by atoms with Gasteiger partial charge in [0.2, 0.25) is 0 Å². The minimum atomic E-state index is -3.34. The zero-order valence-electron chi connectivity index (χ0n) is 11.2. The lowest BCUT2D eigenvalue weighted by molar-refractivity contribution is 0.316. The maximum Gasteiger partial charge on any atom is 0.279 e. The van der Waals surface area contributed by atoms with Crippen LogP contribution in [-0.2, 0) is 10.2 Å². The molecule has 1 aliphatic heterocycles. The zero-order valence-corrected chi connectivity index (χ0v) is 12.0. The lowest BCUT2D eigenvalue weighted by Crippen LogP contribution is -2.41. The predicted octanol–water partition coefficient (Wildman–Crippen LogP) is 0.614. The predicted molar refractivity (Wildman–Crippen MR) is 74.2 cm³/mol. The van der Waals surface area contributed by atoms with Crippen molar-refractivity contribution in [2.24, 2.45) is 10.9 Å². The Morgan fingerprint density at radius 1 is 1.21 bits per heavy atom. The number of nitrogens with two attached hydrogens (primary N) is 1. The molecular weight excluding hydrogens is 268 g/mol. The van der Waals surface area contributed by atoms with Gasteiger partial charge in [-0.15, -0.1) is 0 Å². The maximum absolute atomic E-state index is 12.0. The molecular formula is C11H24N4O3S. The summed E-state index contributed by atoms with van der Waals surface area (Å²) >= 11 is 0. The van der Waals surface area contributed by atoms with Gasteiger partial charge in [0, 0.05) is 26.1 Å². The lowest BCUT2D eigenvalue weighted by Gasteiger charge is -2.20. The zero-order chi connectivity index (χ0) is 14.1. The lowest BCUT2D eigenvalue weighted by atomic mass is 10.2. The van der Waals surface area contributed by atoms with Gasteiger partial charge >= 0.3 is 0 Å². The fourth-order valence-corrected chi connectivity index (χ4v) is 3.38. The summed E-state index contributed by atoms with van der Waals surface area (Å²) < 4.78 is 28.2. The van der Waals surface area contributed by atoms with E-state index in [0.717, 1.165) is 25.7 Å². The average molecular weight is 292 g/mol. The minimum absolute atomic E-state index is 0.176. The van der Waals surface area contributed by atoms with E-state index in [1.807, 2.05) is 0 Å². The first-order valence-electron chi connectivity index (χ1n) is 6.77. The van der Waals surface area contributed by atoms with Crippen LogP contribution >= 0.6 is 0 Å². The molecule has 1 fully saturated rings. The number of unbranched alkanes of at least 4 members (excludes halogenated alkanes) is 1. The third-order valence-electron chi connectivity index (χ3n) is 3.18. The summed E-state index contributed by atoms with van der Waals surface area (Å²) in [6, 6.07) is 0. The molecule has 0 aliphatic carbocycles. The van der Waals surface area contributed by atoms with Gasteiger partial charge in [-0.2, -0.15) is 12.7 Å². The van der Waals surface area contributed by atoms with Crippen molar-refractivity contribution < 1.29 is 13.6 Å². The van der Waals surface area contributed by atoms with E-state index in [4.69, 9.17) is 10.9 Å². The fraction of sp³-hybridized carbons (Fsp3) is 0.909. The normalized spacial score (nSPS) is 19.3.